The van der Waals surface area contributed by atoms with E-state index in [0.717, 1.165) is 32.2 Å². The molecule has 0 atom stereocenters. The van der Waals surface area contributed by atoms with E-state index < -0.39 is 17.4 Å². The topological polar surface area (TPSA) is 107 Å². The van der Waals surface area contributed by atoms with Crippen molar-refractivity contribution in [1.29, 1.82) is 0 Å². The van der Waals surface area contributed by atoms with Gasteiger partial charge < -0.3 is 20.1 Å². The number of nitrogens with one attached hydrogen (secondary N) is 2. The zero-order chi connectivity index (χ0) is 28.4. The minimum Gasteiger partial charge on any atom is -0.324 e. The van der Waals surface area contributed by atoms with Crippen LogP contribution < -0.4 is 10.9 Å². The second kappa shape index (κ2) is 11.1. The number of aromatic nitrogens is 4. The standard InChI is InChI=1S/C28H28F3N7O2/c1-17-14-19(15-21(32-17)28(29,30)31)25-24(18-6-4-3-5-7-18)36-27-26(35-25)20(16-23(40)34-27)33-22(39)8-9-38-12-10-37(2)11-13-38/h3-7,14-16H,8-13H2,1-2H3,(H2,33,34,36,39,40). The summed E-state index contributed by atoms with van der Waals surface area (Å²) in [5, 5.41) is 2.77. The Labute approximate surface area is 228 Å². The largest absolute Gasteiger partial charge is 0.433 e. The fourth-order valence-corrected chi connectivity index (χ4v) is 4.65. The molecule has 1 aromatic carbocycles. The number of H-pyrrole nitrogens is 1. The highest BCUT2D eigenvalue weighted by Gasteiger charge is 2.33. The van der Waals surface area contributed by atoms with E-state index in [1.807, 2.05) is 0 Å². The fourth-order valence-electron chi connectivity index (χ4n) is 4.65. The first-order valence-corrected chi connectivity index (χ1v) is 12.8. The van der Waals surface area contributed by atoms with Crippen LogP contribution in [0.15, 0.2) is 53.3 Å². The van der Waals surface area contributed by atoms with E-state index in [1.54, 1.807) is 30.3 Å². The Kier molecular flexibility index (Phi) is 7.63. The number of hydrogen-bond donors (Lipinski definition) is 2. The second-order valence-electron chi connectivity index (χ2n) is 9.85. The van der Waals surface area contributed by atoms with Gasteiger partial charge in [0.25, 0.3) is 5.56 Å². The number of carbonyl (C=O) groups excluding carboxylic acids is 1. The molecule has 0 radical (unpaired) electrons. The molecule has 0 bridgehead atoms. The van der Waals surface area contributed by atoms with Crippen molar-refractivity contribution < 1.29 is 18.0 Å². The molecule has 208 valence electrons. The highest BCUT2D eigenvalue weighted by atomic mass is 19.4. The molecule has 1 saturated heterocycles. The molecule has 2 N–H and O–H groups in total. The van der Waals surface area contributed by atoms with Crippen LogP contribution >= 0.6 is 0 Å². The monoisotopic (exact) mass is 551 g/mol. The van der Waals surface area contributed by atoms with Gasteiger partial charge in [-0.05, 0) is 26.1 Å². The number of alkyl halides is 3. The number of fused-ring (bicyclic) bond motifs is 1. The van der Waals surface area contributed by atoms with Gasteiger partial charge in [-0.3, -0.25) is 9.59 Å². The van der Waals surface area contributed by atoms with Gasteiger partial charge in [0, 0.05) is 62.0 Å². The van der Waals surface area contributed by atoms with Gasteiger partial charge >= 0.3 is 6.18 Å². The summed E-state index contributed by atoms with van der Waals surface area (Å²) in [7, 11) is 2.05. The third-order valence-corrected chi connectivity index (χ3v) is 6.76. The van der Waals surface area contributed by atoms with Gasteiger partial charge in [-0.15, -0.1) is 0 Å². The summed E-state index contributed by atoms with van der Waals surface area (Å²) in [6.07, 6.45) is -4.45. The molecule has 0 aliphatic carbocycles. The van der Waals surface area contributed by atoms with Crippen LogP contribution in [-0.2, 0) is 11.0 Å². The number of piperazine rings is 1. The first-order valence-electron chi connectivity index (χ1n) is 12.8. The minimum absolute atomic E-state index is 0.103. The predicted octanol–water partition coefficient (Wildman–Crippen LogP) is 3.95. The van der Waals surface area contributed by atoms with Gasteiger partial charge in [-0.1, -0.05) is 30.3 Å². The summed E-state index contributed by atoms with van der Waals surface area (Å²) in [6, 6.07) is 12.5. The Morgan fingerprint density at radius 2 is 1.68 bits per heavy atom. The number of likely N-dealkylation sites (N-methyl/N-ethyl adjacent to an activating group) is 1. The van der Waals surface area contributed by atoms with Crippen LogP contribution in [0.1, 0.15) is 17.8 Å². The fraction of sp³-hybridized carbons (Fsp3) is 0.321. The van der Waals surface area contributed by atoms with Crippen LogP contribution in [0.5, 0.6) is 0 Å². The number of nitrogens with zero attached hydrogens (tertiary/aromatic N) is 5. The lowest BCUT2D eigenvalue weighted by molar-refractivity contribution is -0.141. The van der Waals surface area contributed by atoms with Crippen molar-refractivity contribution in [3.05, 3.63) is 70.3 Å². The first kappa shape index (κ1) is 27.4. The number of amides is 1. The third-order valence-electron chi connectivity index (χ3n) is 6.76. The molecule has 0 unspecified atom stereocenters. The Bertz CT molecular complexity index is 1600. The van der Waals surface area contributed by atoms with Crippen LogP contribution in [0.4, 0.5) is 18.9 Å². The van der Waals surface area contributed by atoms with Crippen molar-refractivity contribution >= 4 is 22.8 Å². The van der Waals surface area contributed by atoms with Crippen molar-refractivity contribution in [2.45, 2.75) is 19.5 Å². The van der Waals surface area contributed by atoms with Crippen molar-refractivity contribution in [1.82, 2.24) is 29.7 Å². The van der Waals surface area contributed by atoms with Gasteiger partial charge in [0.1, 0.15) is 11.2 Å². The second-order valence-corrected chi connectivity index (χ2v) is 9.85. The molecule has 9 nitrogen and oxygen atoms in total. The van der Waals surface area contributed by atoms with E-state index in [4.69, 9.17) is 0 Å². The summed E-state index contributed by atoms with van der Waals surface area (Å²) in [5.41, 5.74) is 0.197. The molecule has 1 fully saturated rings. The van der Waals surface area contributed by atoms with E-state index in [2.05, 4.69) is 42.1 Å². The smallest absolute Gasteiger partial charge is 0.324 e. The molecule has 1 aliphatic heterocycles. The zero-order valence-electron chi connectivity index (χ0n) is 22.0. The molecule has 40 heavy (non-hydrogen) atoms. The maximum absolute atomic E-state index is 13.6. The molecule has 3 aromatic heterocycles. The number of aryl methyl sites for hydroxylation is 1. The van der Waals surface area contributed by atoms with Gasteiger partial charge in [0.2, 0.25) is 5.91 Å². The number of hydrogen-bond acceptors (Lipinski definition) is 7. The molecule has 1 aliphatic rings. The normalized spacial score (nSPS) is 14.9. The zero-order valence-corrected chi connectivity index (χ0v) is 22.0. The Balaban J connectivity index is 1.57. The predicted molar refractivity (Wildman–Crippen MR) is 146 cm³/mol. The van der Waals surface area contributed by atoms with Gasteiger partial charge in [0.05, 0.1) is 17.1 Å². The Morgan fingerprint density at radius 3 is 2.38 bits per heavy atom. The van der Waals surface area contributed by atoms with Crippen LogP contribution in [0, 0.1) is 6.92 Å². The molecule has 4 aromatic rings. The number of halogens is 3. The third kappa shape index (κ3) is 6.18. The highest BCUT2D eigenvalue weighted by molar-refractivity contribution is 5.99. The van der Waals surface area contributed by atoms with E-state index in [-0.39, 0.29) is 51.8 Å². The molecule has 0 spiro atoms. The van der Waals surface area contributed by atoms with Gasteiger partial charge in [-0.25, -0.2) is 15.0 Å². The average Bonchev–Trinajstić information content (AvgIpc) is 2.91. The number of carbonyl (C=O) groups is 1. The summed E-state index contributed by atoms with van der Waals surface area (Å²) >= 11 is 0. The number of aromatic amines is 1. The summed E-state index contributed by atoms with van der Waals surface area (Å²) in [6.45, 7) is 5.60. The Morgan fingerprint density at radius 1 is 0.975 bits per heavy atom. The van der Waals surface area contributed by atoms with Gasteiger partial charge in [-0.2, -0.15) is 13.2 Å². The number of anilines is 1. The van der Waals surface area contributed by atoms with Crippen LogP contribution in [-0.4, -0.2) is 75.4 Å². The number of pyridine rings is 2. The van der Waals surface area contributed by atoms with Crippen molar-refractivity contribution in [3.8, 4) is 22.5 Å². The molecule has 0 saturated carbocycles. The maximum atomic E-state index is 13.6. The SMILES string of the molecule is Cc1cc(-c2nc3c(NC(=O)CCN4CCN(C)CC4)cc(=O)[nH]c3nc2-c2ccccc2)cc(C(F)(F)F)n1. The van der Waals surface area contributed by atoms with E-state index >= 15 is 0 Å². The Hall–Kier alpha value is -4.16. The quantitative estimate of drug-likeness (QED) is 0.374. The summed E-state index contributed by atoms with van der Waals surface area (Å²) < 4.78 is 40.9. The highest BCUT2D eigenvalue weighted by Crippen LogP contribution is 2.35. The average molecular weight is 552 g/mol. The van der Waals surface area contributed by atoms with E-state index in [9.17, 15) is 22.8 Å². The summed E-state index contributed by atoms with van der Waals surface area (Å²) in [5.74, 6) is -0.305. The van der Waals surface area contributed by atoms with Crippen LogP contribution in [0.2, 0.25) is 0 Å². The lowest BCUT2D eigenvalue weighted by atomic mass is 10.0. The molecular formula is C28H28F3N7O2. The first-order chi connectivity index (χ1) is 19.1. The van der Waals surface area contributed by atoms with Crippen LogP contribution in [0.3, 0.4) is 0 Å². The van der Waals surface area contributed by atoms with E-state index in [0.29, 0.717) is 12.1 Å². The molecule has 12 heteroatoms. The molecular weight excluding hydrogens is 523 g/mol. The van der Waals surface area contributed by atoms with Gasteiger partial charge in [0.15, 0.2) is 5.65 Å². The lowest BCUT2D eigenvalue weighted by Crippen LogP contribution is -2.45. The minimum atomic E-state index is -4.66. The maximum Gasteiger partial charge on any atom is 0.433 e. The molecule has 4 heterocycles. The summed E-state index contributed by atoms with van der Waals surface area (Å²) in [4.78, 5) is 45.4. The number of rotatable bonds is 6. The lowest BCUT2D eigenvalue weighted by Gasteiger charge is -2.32. The van der Waals surface area contributed by atoms with Crippen LogP contribution in [0.25, 0.3) is 33.7 Å². The van der Waals surface area contributed by atoms with Crippen molar-refractivity contribution in [3.63, 3.8) is 0 Å². The van der Waals surface area contributed by atoms with E-state index in [1.165, 1.54) is 19.1 Å². The molecule has 5 rings (SSSR count). The van der Waals surface area contributed by atoms with Crippen molar-refractivity contribution in [2.75, 3.05) is 45.1 Å². The van der Waals surface area contributed by atoms with Crippen molar-refractivity contribution in [2.24, 2.45) is 0 Å². The molecule has 1 amide bonds. The number of benzene rings is 1.